The summed E-state index contributed by atoms with van der Waals surface area (Å²) in [6.45, 7) is 0. The largest absolute Gasteiger partial charge is 0.302 e. The molecule has 0 aliphatic heterocycles. The Hall–Kier alpha value is -0.390. The van der Waals surface area contributed by atoms with Crippen LogP contribution in [-0.4, -0.2) is 19.2 Å². The molecule has 14 heavy (non-hydrogen) atoms. The Bertz CT molecular complexity index is 415. The van der Waals surface area contributed by atoms with Gasteiger partial charge in [-0.05, 0) is 24.1 Å². The molecule has 1 aromatic rings. The highest BCUT2D eigenvalue weighted by atomic mass is 35.5. The van der Waals surface area contributed by atoms with Gasteiger partial charge in [0.15, 0.2) is 0 Å². The Labute approximate surface area is 91.1 Å². The Balaban J connectivity index is 2.78. The molecular formula is C7H6Cl2FNO2S. The van der Waals surface area contributed by atoms with Crippen molar-refractivity contribution in [1.29, 1.82) is 0 Å². The third-order valence-electron chi connectivity index (χ3n) is 1.46. The summed E-state index contributed by atoms with van der Waals surface area (Å²) in [5.41, 5.74) is 0.538. The second kappa shape index (κ2) is 4.42. The minimum atomic E-state index is -4.45. The van der Waals surface area contributed by atoms with Gasteiger partial charge in [0.1, 0.15) is 10.3 Å². The molecule has 0 bridgehead atoms. The normalized spacial score (nSPS) is 11.6. The maximum absolute atomic E-state index is 12.2. The minimum Gasteiger partial charge on any atom is -0.224 e. The van der Waals surface area contributed by atoms with E-state index in [1.165, 1.54) is 12.1 Å². The van der Waals surface area contributed by atoms with Crippen molar-refractivity contribution >= 4 is 33.4 Å². The average Bonchev–Trinajstić information content (AvgIpc) is 1.97. The summed E-state index contributed by atoms with van der Waals surface area (Å²) < 4.78 is 32.6. The molecule has 3 nitrogen and oxygen atoms in total. The molecule has 1 rings (SSSR count). The fourth-order valence-corrected chi connectivity index (χ4v) is 1.88. The topological polar surface area (TPSA) is 47.0 Å². The second-order valence-electron chi connectivity index (χ2n) is 2.61. The molecule has 0 atom stereocenters. The molecule has 0 aliphatic rings. The van der Waals surface area contributed by atoms with E-state index in [2.05, 4.69) is 4.98 Å². The molecule has 0 fully saturated rings. The van der Waals surface area contributed by atoms with Gasteiger partial charge in [0.05, 0.1) is 5.75 Å². The van der Waals surface area contributed by atoms with Crippen LogP contribution in [0.15, 0.2) is 12.1 Å². The third-order valence-corrected chi connectivity index (χ3v) is 2.54. The standard InChI is InChI=1S/C7H6Cl2FNO2S/c8-6-3-5(4-7(9)11-6)1-2-14(10,12)13/h3-4H,1-2H2. The maximum atomic E-state index is 12.2. The highest BCUT2D eigenvalue weighted by Gasteiger charge is 2.08. The summed E-state index contributed by atoms with van der Waals surface area (Å²) in [6.07, 6.45) is 0.0286. The molecule has 0 spiro atoms. The lowest BCUT2D eigenvalue weighted by Crippen LogP contribution is -2.02. The Kier molecular flexibility index (Phi) is 3.69. The first-order chi connectivity index (χ1) is 6.37. The van der Waals surface area contributed by atoms with Crippen LogP contribution in [0.5, 0.6) is 0 Å². The van der Waals surface area contributed by atoms with Crippen LogP contribution in [0.25, 0.3) is 0 Å². The monoisotopic (exact) mass is 257 g/mol. The number of rotatable bonds is 3. The summed E-state index contributed by atoms with van der Waals surface area (Å²) in [5.74, 6) is -0.580. The van der Waals surface area contributed by atoms with Crippen molar-refractivity contribution < 1.29 is 12.3 Å². The zero-order valence-corrected chi connectivity index (χ0v) is 9.20. The predicted molar refractivity (Wildman–Crippen MR) is 52.9 cm³/mol. The van der Waals surface area contributed by atoms with Gasteiger partial charge < -0.3 is 0 Å². The first-order valence-corrected chi connectivity index (χ1v) is 5.92. The van der Waals surface area contributed by atoms with Crippen molar-refractivity contribution in [3.8, 4) is 0 Å². The molecule has 0 N–H and O–H groups in total. The number of aryl methyl sites for hydroxylation is 1. The van der Waals surface area contributed by atoms with E-state index >= 15 is 0 Å². The molecule has 0 radical (unpaired) electrons. The summed E-state index contributed by atoms with van der Waals surface area (Å²) in [5, 5.41) is 0.313. The first-order valence-electron chi connectivity index (χ1n) is 3.61. The van der Waals surface area contributed by atoms with E-state index in [0.29, 0.717) is 5.56 Å². The van der Waals surface area contributed by atoms with Gasteiger partial charge in [-0.3, -0.25) is 0 Å². The van der Waals surface area contributed by atoms with E-state index in [4.69, 9.17) is 23.2 Å². The van der Waals surface area contributed by atoms with Crippen LogP contribution in [0.1, 0.15) is 5.56 Å². The van der Waals surface area contributed by atoms with Crippen LogP contribution in [0.2, 0.25) is 10.3 Å². The van der Waals surface area contributed by atoms with Gasteiger partial charge in [0, 0.05) is 0 Å². The van der Waals surface area contributed by atoms with Crippen molar-refractivity contribution in [2.75, 3.05) is 5.75 Å². The summed E-state index contributed by atoms with van der Waals surface area (Å²) >= 11 is 11.1. The van der Waals surface area contributed by atoms with Gasteiger partial charge in [0.25, 0.3) is 0 Å². The molecule has 78 valence electrons. The zero-order valence-electron chi connectivity index (χ0n) is 6.87. The minimum absolute atomic E-state index is 0.0286. The van der Waals surface area contributed by atoms with Crippen molar-refractivity contribution in [3.63, 3.8) is 0 Å². The van der Waals surface area contributed by atoms with Crippen molar-refractivity contribution in [1.82, 2.24) is 4.98 Å². The number of hydrogen-bond acceptors (Lipinski definition) is 3. The average molecular weight is 258 g/mol. The van der Waals surface area contributed by atoms with E-state index in [9.17, 15) is 12.3 Å². The lowest BCUT2D eigenvalue weighted by molar-refractivity contribution is 0.551. The molecular weight excluding hydrogens is 252 g/mol. The molecule has 7 heteroatoms. The fraction of sp³-hybridized carbons (Fsp3) is 0.286. The molecule has 0 unspecified atom stereocenters. The molecule has 1 aromatic heterocycles. The van der Waals surface area contributed by atoms with Crippen LogP contribution in [0.3, 0.4) is 0 Å². The maximum Gasteiger partial charge on any atom is 0.302 e. The summed E-state index contributed by atoms with van der Waals surface area (Å²) in [6, 6.07) is 2.89. The molecule has 0 saturated heterocycles. The van der Waals surface area contributed by atoms with Crippen molar-refractivity contribution in [3.05, 3.63) is 28.0 Å². The number of halogens is 3. The highest BCUT2D eigenvalue weighted by Crippen LogP contribution is 2.15. The SMILES string of the molecule is O=S(=O)(F)CCc1cc(Cl)nc(Cl)c1. The highest BCUT2D eigenvalue weighted by molar-refractivity contribution is 7.86. The van der Waals surface area contributed by atoms with Crippen LogP contribution in [0.4, 0.5) is 3.89 Å². The van der Waals surface area contributed by atoms with Crippen LogP contribution in [0, 0.1) is 0 Å². The van der Waals surface area contributed by atoms with Gasteiger partial charge in [-0.15, -0.1) is 3.89 Å². The Morgan fingerprint density at radius 1 is 1.29 bits per heavy atom. The summed E-state index contributed by atoms with van der Waals surface area (Å²) in [7, 11) is -4.45. The van der Waals surface area contributed by atoms with Gasteiger partial charge in [-0.1, -0.05) is 23.2 Å². The van der Waals surface area contributed by atoms with Crippen LogP contribution < -0.4 is 0 Å². The van der Waals surface area contributed by atoms with E-state index in [1.54, 1.807) is 0 Å². The van der Waals surface area contributed by atoms with E-state index in [1.807, 2.05) is 0 Å². The smallest absolute Gasteiger partial charge is 0.224 e. The molecule has 1 heterocycles. The number of nitrogens with zero attached hydrogens (tertiary/aromatic N) is 1. The quantitative estimate of drug-likeness (QED) is 0.617. The molecule has 0 aromatic carbocycles. The van der Waals surface area contributed by atoms with E-state index in [-0.39, 0.29) is 16.7 Å². The predicted octanol–water partition coefficient (Wildman–Crippen LogP) is 2.23. The third kappa shape index (κ3) is 4.21. The van der Waals surface area contributed by atoms with E-state index < -0.39 is 16.0 Å². The van der Waals surface area contributed by atoms with Crippen LogP contribution >= 0.6 is 23.2 Å². The second-order valence-corrected chi connectivity index (χ2v) is 4.87. The van der Waals surface area contributed by atoms with Gasteiger partial charge in [0.2, 0.25) is 0 Å². The van der Waals surface area contributed by atoms with Crippen LogP contribution in [-0.2, 0) is 16.6 Å². The number of pyridine rings is 1. The number of hydrogen-bond donors (Lipinski definition) is 0. The molecule has 0 amide bonds. The van der Waals surface area contributed by atoms with E-state index in [0.717, 1.165) is 0 Å². The Morgan fingerprint density at radius 2 is 1.79 bits per heavy atom. The van der Waals surface area contributed by atoms with Crippen molar-refractivity contribution in [2.45, 2.75) is 6.42 Å². The van der Waals surface area contributed by atoms with Gasteiger partial charge >= 0.3 is 10.2 Å². The zero-order chi connectivity index (χ0) is 10.8. The Morgan fingerprint density at radius 3 is 2.21 bits per heavy atom. The summed E-state index contributed by atoms with van der Waals surface area (Å²) in [4.78, 5) is 3.67. The fourth-order valence-electron chi connectivity index (χ4n) is 0.898. The molecule has 0 saturated carbocycles. The van der Waals surface area contributed by atoms with Crippen molar-refractivity contribution in [2.24, 2.45) is 0 Å². The lowest BCUT2D eigenvalue weighted by atomic mass is 10.2. The van der Waals surface area contributed by atoms with Gasteiger partial charge in [-0.25, -0.2) is 4.98 Å². The van der Waals surface area contributed by atoms with Gasteiger partial charge in [-0.2, -0.15) is 8.42 Å². The lowest BCUT2D eigenvalue weighted by Gasteiger charge is -1.99. The first kappa shape index (κ1) is 11.7. The number of aromatic nitrogens is 1. The molecule has 0 aliphatic carbocycles.